The van der Waals surface area contributed by atoms with Crippen molar-refractivity contribution in [3.05, 3.63) is 23.0 Å². The second-order valence-electron chi connectivity index (χ2n) is 5.06. The summed E-state index contributed by atoms with van der Waals surface area (Å²) in [5, 5.41) is 0.0260. The summed E-state index contributed by atoms with van der Waals surface area (Å²) in [4.78, 5) is 17.4. The molecule has 0 radical (unpaired) electrons. The molecule has 5 nitrogen and oxygen atoms in total. The van der Waals surface area contributed by atoms with Gasteiger partial charge in [-0.25, -0.2) is 9.37 Å². The average Bonchev–Trinajstić information content (AvgIpc) is 2.69. The molecule has 1 saturated heterocycles. The van der Waals surface area contributed by atoms with Crippen LogP contribution in [0.15, 0.2) is 12.1 Å². The van der Waals surface area contributed by atoms with Crippen molar-refractivity contribution in [1.82, 2.24) is 14.5 Å². The number of rotatable bonds is 1. The molecule has 3 rings (SSSR count). The molecule has 106 valence electrons. The van der Waals surface area contributed by atoms with Gasteiger partial charge in [-0.05, 0) is 12.5 Å². The number of piperidine rings is 1. The number of likely N-dealkylation sites (tertiary alicyclic amines) is 1. The summed E-state index contributed by atoms with van der Waals surface area (Å²) >= 11 is 5.76. The fourth-order valence-electron chi connectivity index (χ4n) is 2.69. The predicted molar refractivity (Wildman–Crippen MR) is 75.0 cm³/mol. The van der Waals surface area contributed by atoms with Gasteiger partial charge in [0.05, 0.1) is 22.1 Å². The van der Waals surface area contributed by atoms with Crippen molar-refractivity contribution in [3.63, 3.8) is 0 Å². The van der Waals surface area contributed by atoms with Gasteiger partial charge >= 0.3 is 0 Å². The number of hydrogen-bond acceptors (Lipinski definition) is 3. The summed E-state index contributed by atoms with van der Waals surface area (Å²) in [5.74, 6) is -0.0755. The summed E-state index contributed by atoms with van der Waals surface area (Å²) in [6.45, 7) is 0.540. The van der Waals surface area contributed by atoms with Crippen molar-refractivity contribution in [2.45, 2.75) is 18.9 Å². The largest absolute Gasteiger partial charge is 0.369 e. The highest BCUT2D eigenvalue weighted by molar-refractivity contribution is 6.31. The molecular formula is C13H14ClFN4O. The Labute approximate surface area is 120 Å². The van der Waals surface area contributed by atoms with E-state index in [1.807, 2.05) is 0 Å². The Balaban J connectivity index is 2.09. The first-order valence-corrected chi connectivity index (χ1v) is 6.71. The van der Waals surface area contributed by atoms with Gasteiger partial charge in [0.2, 0.25) is 11.9 Å². The lowest BCUT2D eigenvalue weighted by atomic mass is 10.1. The van der Waals surface area contributed by atoms with E-state index in [4.69, 9.17) is 17.3 Å². The third-order valence-electron chi connectivity index (χ3n) is 3.73. The zero-order valence-electron chi connectivity index (χ0n) is 10.9. The lowest BCUT2D eigenvalue weighted by Crippen LogP contribution is -2.38. The minimum Gasteiger partial charge on any atom is -0.369 e. The van der Waals surface area contributed by atoms with Crippen LogP contribution in [0.1, 0.15) is 18.9 Å². The number of fused-ring (bicyclic) bond motifs is 1. The molecular weight excluding hydrogens is 283 g/mol. The maximum atomic E-state index is 13.7. The van der Waals surface area contributed by atoms with Crippen LogP contribution in [0.2, 0.25) is 5.02 Å². The van der Waals surface area contributed by atoms with Crippen molar-refractivity contribution >= 4 is 34.5 Å². The highest BCUT2D eigenvalue weighted by Crippen LogP contribution is 2.31. The standard InChI is InChI=1S/C13H14ClFN4O/c1-18-6-7(2-3-12(18)20)19-11-5-9(15)8(14)4-10(11)17-13(19)16/h4-5,7H,2-3,6H2,1H3,(H2,16,17). The van der Waals surface area contributed by atoms with Gasteiger partial charge in [0.25, 0.3) is 0 Å². The quantitative estimate of drug-likeness (QED) is 0.877. The number of amides is 1. The molecule has 2 N–H and O–H groups in total. The van der Waals surface area contributed by atoms with E-state index >= 15 is 0 Å². The van der Waals surface area contributed by atoms with Gasteiger partial charge in [0, 0.05) is 26.1 Å². The number of imidazole rings is 1. The fraction of sp³-hybridized carbons (Fsp3) is 0.385. The van der Waals surface area contributed by atoms with E-state index < -0.39 is 5.82 Å². The number of likely N-dealkylation sites (N-methyl/N-ethyl adjacent to an activating group) is 1. The molecule has 0 bridgehead atoms. The van der Waals surface area contributed by atoms with Crippen LogP contribution in [0.4, 0.5) is 10.3 Å². The molecule has 7 heteroatoms. The number of halogens is 2. The van der Waals surface area contributed by atoms with Gasteiger partial charge < -0.3 is 15.2 Å². The molecule has 2 heterocycles. The van der Waals surface area contributed by atoms with Gasteiger partial charge in [-0.2, -0.15) is 0 Å². The number of nitrogens with zero attached hydrogens (tertiary/aromatic N) is 3. The number of hydrogen-bond donors (Lipinski definition) is 1. The second-order valence-corrected chi connectivity index (χ2v) is 5.47. The SMILES string of the molecule is CN1CC(n2c(N)nc3cc(Cl)c(F)cc32)CCC1=O. The lowest BCUT2D eigenvalue weighted by molar-refractivity contribution is -0.132. The van der Waals surface area contributed by atoms with Crippen LogP contribution in [0.25, 0.3) is 11.0 Å². The molecule has 1 amide bonds. The highest BCUT2D eigenvalue weighted by Gasteiger charge is 2.27. The third kappa shape index (κ3) is 2.00. The molecule has 1 unspecified atom stereocenters. The summed E-state index contributed by atoms with van der Waals surface area (Å²) in [6.07, 6.45) is 1.12. The monoisotopic (exact) mass is 296 g/mol. The zero-order chi connectivity index (χ0) is 14.4. The number of aromatic nitrogens is 2. The molecule has 1 aliphatic heterocycles. The van der Waals surface area contributed by atoms with E-state index in [-0.39, 0.29) is 17.0 Å². The lowest BCUT2D eigenvalue weighted by Gasteiger charge is -2.31. The van der Waals surface area contributed by atoms with Crippen molar-refractivity contribution in [1.29, 1.82) is 0 Å². The van der Waals surface area contributed by atoms with Crippen molar-refractivity contribution in [2.24, 2.45) is 0 Å². The Morgan fingerprint density at radius 2 is 2.25 bits per heavy atom. The van der Waals surface area contributed by atoms with Crippen molar-refractivity contribution in [3.8, 4) is 0 Å². The van der Waals surface area contributed by atoms with Crippen LogP contribution in [0.5, 0.6) is 0 Å². The van der Waals surface area contributed by atoms with Gasteiger partial charge in [-0.1, -0.05) is 11.6 Å². The van der Waals surface area contributed by atoms with E-state index in [9.17, 15) is 9.18 Å². The normalized spacial score (nSPS) is 19.9. The fourth-order valence-corrected chi connectivity index (χ4v) is 2.85. The molecule has 1 aliphatic rings. The maximum Gasteiger partial charge on any atom is 0.222 e. The van der Waals surface area contributed by atoms with Crippen molar-refractivity contribution < 1.29 is 9.18 Å². The molecule has 1 aromatic heterocycles. The number of nitrogens with two attached hydrogens (primary N) is 1. The van der Waals surface area contributed by atoms with E-state index in [1.165, 1.54) is 12.1 Å². The summed E-state index contributed by atoms with van der Waals surface area (Å²) < 4.78 is 15.5. The molecule has 0 saturated carbocycles. The molecule has 20 heavy (non-hydrogen) atoms. The van der Waals surface area contributed by atoms with Crippen LogP contribution in [0.3, 0.4) is 0 Å². The van der Waals surface area contributed by atoms with E-state index in [2.05, 4.69) is 4.98 Å². The first-order valence-electron chi connectivity index (χ1n) is 6.34. The number of anilines is 1. The van der Waals surface area contributed by atoms with Gasteiger partial charge in [-0.15, -0.1) is 0 Å². The zero-order valence-corrected chi connectivity index (χ0v) is 11.7. The summed E-state index contributed by atoms with van der Waals surface area (Å²) in [7, 11) is 1.75. The van der Waals surface area contributed by atoms with Gasteiger partial charge in [-0.3, -0.25) is 4.79 Å². The highest BCUT2D eigenvalue weighted by atomic mass is 35.5. The molecule has 0 spiro atoms. The van der Waals surface area contributed by atoms with Crippen LogP contribution >= 0.6 is 11.6 Å². The Morgan fingerprint density at radius 3 is 2.95 bits per heavy atom. The second kappa shape index (κ2) is 4.63. The number of carbonyl (C=O) groups excluding carboxylic acids is 1. The van der Waals surface area contributed by atoms with Crippen LogP contribution < -0.4 is 5.73 Å². The first-order chi connectivity index (χ1) is 9.47. The Hall–Kier alpha value is -1.82. The van der Waals surface area contributed by atoms with E-state index in [0.717, 1.165) is 0 Å². The topological polar surface area (TPSA) is 64.2 Å². The predicted octanol–water partition coefficient (Wildman–Crippen LogP) is 2.20. The molecule has 1 aromatic carbocycles. The van der Waals surface area contributed by atoms with Crippen LogP contribution in [-0.2, 0) is 4.79 Å². The number of carbonyl (C=O) groups is 1. The smallest absolute Gasteiger partial charge is 0.222 e. The number of nitrogen functional groups attached to an aromatic ring is 1. The third-order valence-corrected chi connectivity index (χ3v) is 4.02. The Kier molecular flexibility index (Phi) is 3.05. The average molecular weight is 297 g/mol. The van der Waals surface area contributed by atoms with E-state index in [1.54, 1.807) is 16.5 Å². The van der Waals surface area contributed by atoms with Crippen LogP contribution in [-0.4, -0.2) is 34.0 Å². The minimum atomic E-state index is -0.499. The first kappa shape index (κ1) is 13.2. The van der Waals surface area contributed by atoms with E-state index in [0.29, 0.717) is 36.4 Å². The molecule has 2 aromatic rings. The Morgan fingerprint density at radius 1 is 1.50 bits per heavy atom. The van der Waals surface area contributed by atoms with Gasteiger partial charge in [0.1, 0.15) is 5.82 Å². The molecule has 1 fully saturated rings. The summed E-state index contributed by atoms with van der Waals surface area (Å²) in [5.41, 5.74) is 7.12. The molecule has 0 aliphatic carbocycles. The summed E-state index contributed by atoms with van der Waals surface area (Å²) in [6, 6.07) is 2.82. The molecule has 1 atom stereocenters. The Bertz CT molecular complexity index is 699. The minimum absolute atomic E-state index is 0.00303. The van der Waals surface area contributed by atoms with Crippen LogP contribution in [0, 0.1) is 5.82 Å². The van der Waals surface area contributed by atoms with Crippen molar-refractivity contribution in [2.75, 3.05) is 19.3 Å². The number of benzene rings is 1. The van der Waals surface area contributed by atoms with Gasteiger partial charge in [0.15, 0.2) is 0 Å². The maximum absolute atomic E-state index is 13.7.